The van der Waals surface area contributed by atoms with Gasteiger partial charge in [0.2, 0.25) is 0 Å². The molecular weight excluding hydrogens is 350 g/mol. The van der Waals surface area contributed by atoms with E-state index in [0.717, 1.165) is 0 Å². The van der Waals surface area contributed by atoms with Crippen LogP contribution in [0.15, 0.2) is 0 Å². The fourth-order valence-electron chi connectivity index (χ4n) is 0. The predicted molar refractivity (Wildman–Crippen MR) is 9.94 cm³/mol. The molecule has 4 heavy (non-hydrogen) atoms. The summed E-state index contributed by atoms with van der Waals surface area (Å²) >= 11 is 0. The molecule has 4 heteroatoms. The summed E-state index contributed by atoms with van der Waals surface area (Å²) < 4.78 is 0. The fraction of sp³-hybridized carbons (Fsp3) is 0. The molecule has 0 amide bonds. The van der Waals surface area contributed by atoms with E-state index in [4.69, 9.17) is 0 Å². The topological polar surface area (TPSA) is 0 Å². The van der Waals surface area contributed by atoms with E-state index in [9.17, 15) is 0 Å². The van der Waals surface area contributed by atoms with Crippen LogP contribution < -0.4 is 0 Å². The first-order valence-corrected chi connectivity index (χ1v) is 0. The van der Waals surface area contributed by atoms with Crippen LogP contribution in [0.4, 0.5) is 0 Å². The number of hydrogen-bond donors (Lipinski definition) is 0. The molecule has 0 N–H and O–H groups in total. The summed E-state index contributed by atoms with van der Waals surface area (Å²) in [5, 5.41) is 0. The zero-order valence-corrected chi connectivity index (χ0v) is 7.13. The fourth-order valence-corrected chi connectivity index (χ4v) is 0. The van der Waals surface area contributed by atoms with Gasteiger partial charge in [-0.25, -0.2) is 0 Å². The van der Waals surface area contributed by atoms with E-state index in [0.29, 0.717) is 0 Å². The van der Waals surface area contributed by atoms with E-state index >= 15 is 0 Å². The summed E-state index contributed by atoms with van der Waals surface area (Å²) in [6.07, 6.45) is 0. The largest absolute Gasteiger partial charge is 0.0814 e. The van der Waals surface area contributed by atoms with Crippen molar-refractivity contribution in [1.82, 2.24) is 0 Å². The summed E-state index contributed by atoms with van der Waals surface area (Å²) in [6, 6.07) is 0. The van der Waals surface area contributed by atoms with Crippen molar-refractivity contribution < 1.29 is 58.9 Å². The average molecular weight is 353 g/mol. The Hall–Kier alpha value is 1.95. The van der Waals surface area contributed by atoms with Gasteiger partial charge in [0, 0.05) is 58.9 Å². The first kappa shape index (κ1) is 38.4. The van der Waals surface area contributed by atoms with E-state index in [1.54, 1.807) is 0 Å². The van der Waals surface area contributed by atoms with Crippen LogP contribution in [-0.4, -0.2) is 8.41 Å². The van der Waals surface area contributed by atoms with Crippen LogP contribution in [0, 0.1) is 0 Å². The number of hydrogen-bond acceptors (Lipinski definition) is 0. The molecule has 0 fully saturated rings. The van der Waals surface area contributed by atoms with Gasteiger partial charge in [0.1, 0.15) is 0 Å². The quantitative estimate of drug-likeness (QED) is 0.481. The maximum absolute atomic E-state index is 0. The van der Waals surface area contributed by atoms with Gasteiger partial charge in [-0.3, -0.25) is 0 Å². The smallest absolute Gasteiger partial charge is 0 e. The van der Waals surface area contributed by atoms with Crippen molar-refractivity contribution in [3.05, 3.63) is 0 Å². The van der Waals surface area contributed by atoms with E-state index < -0.39 is 0 Å². The Balaban J connectivity index is 0. The molecule has 27 valence electrons. The van der Waals surface area contributed by atoms with Gasteiger partial charge >= 0.3 is 0 Å². The standard InChI is InChI=1S/BH3.Co.Mo.W/h1H3;;;. The Labute approximate surface area is 66.8 Å². The van der Waals surface area contributed by atoms with Gasteiger partial charge in [-0.15, -0.1) is 0 Å². The third-order valence-corrected chi connectivity index (χ3v) is 0. The molecule has 0 aliphatic rings. The van der Waals surface area contributed by atoms with Gasteiger partial charge in [0.05, 0.1) is 8.41 Å². The van der Waals surface area contributed by atoms with Crippen molar-refractivity contribution in [2.24, 2.45) is 0 Å². The maximum Gasteiger partial charge on any atom is 0.0814 e. The Bertz CT molecular complexity index is 8.00. The summed E-state index contributed by atoms with van der Waals surface area (Å²) in [6.45, 7) is 0. The molecular formula is H3BCoMoW. The molecule has 0 atom stereocenters. The molecule has 0 nitrogen and oxygen atoms in total. The van der Waals surface area contributed by atoms with Gasteiger partial charge in [-0.1, -0.05) is 0 Å². The van der Waals surface area contributed by atoms with Crippen molar-refractivity contribution >= 4 is 8.41 Å². The van der Waals surface area contributed by atoms with E-state index in [1.807, 2.05) is 0 Å². The molecule has 0 aromatic carbocycles. The average Bonchev–Trinajstić information content (AvgIpc) is 0. The second-order valence-electron chi connectivity index (χ2n) is 0. The van der Waals surface area contributed by atoms with Crippen LogP contribution in [-0.2, 0) is 58.9 Å². The molecule has 0 heterocycles. The molecule has 0 aliphatic carbocycles. The van der Waals surface area contributed by atoms with Crippen molar-refractivity contribution in [1.29, 1.82) is 0 Å². The Kier molecular flexibility index (Phi) is 195. The minimum absolute atomic E-state index is 0. The molecule has 0 saturated heterocycles. The molecule has 0 unspecified atom stereocenters. The van der Waals surface area contributed by atoms with Gasteiger partial charge in [0.25, 0.3) is 0 Å². The third-order valence-electron chi connectivity index (χ3n) is 0. The van der Waals surface area contributed by atoms with Crippen LogP contribution in [0.1, 0.15) is 0 Å². The van der Waals surface area contributed by atoms with Crippen LogP contribution in [0.3, 0.4) is 0 Å². The van der Waals surface area contributed by atoms with E-state index in [2.05, 4.69) is 0 Å². The maximum atomic E-state index is 0. The minimum atomic E-state index is 0. The zero-order valence-electron chi connectivity index (χ0n) is 1.15. The second kappa shape index (κ2) is 20.3. The molecule has 0 spiro atoms. The summed E-state index contributed by atoms with van der Waals surface area (Å²) in [4.78, 5) is 0. The van der Waals surface area contributed by atoms with Crippen molar-refractivity contribution in [3.8, 4) is 0 Å². The normalized spacial score (nSPS) is 0. The monoisotopic (exact) mass is 355 g/mol. The van der Waals surface area contributed by atoms with Crippen molar-refractivity contribution in [2.45, 2.75) is 0 Å². The summed E-state index contributed by atoms with van der Waals surface area (Å²) in [5.41, 5.74) is 0. The molecule has 0 aliphatic heterocycles. The minimum Gasteiger partial charge on any atom is 0 e. The predicted octanol–water partition coefficient (Wildman–Crippen LogP) is -1.19. The molecule has 0 rings (SSSR count). The van der Waals surface area contributed by atoms with E-state index in [1.165, 1.54) is 0 Å². The summed E-state index contributed by atoms with van der Waals surface area (Å²) in [5.74, 6) is 0. The Morgan fingerprint density at radius 3 is 1.00 bits per heavy atom. The second-order valence-corrected chi connectivity index (χ2v) is 0. The molecule has 0 aromatic heterocycles. The van der Waals surface area contributed by atoms with Gasteiger partial charge in [-0.2, -0.15) is 0 Å². The van der Waals surface area contributed by atoms with Gasteiger partial charge in [-0.05, 0) is 0 Å². The molecule has 0 bridgehead atoms. The molecule has 0 aromatic rings. The first-order valence-electron chi connectivity index (χ1n) is 0. The Morgan fingerprint density at radius 1 is 1.00 bits per heavy atom. The van der Waals surface area contributed by atoms with Crippen molar-refractivity contribution in [3.63, 3.8) is 0 Å². The van der Waals surface area contributed by atoms with Gasteiger partial charge < -0.3 is 0 Å². The number of rotatable bonds is 0. The third kappa shape index (κ3) is 9.04. The van der Waals surface area contributed by atoms with E-state index in [-0.39, 0.29) is 67.3 Å². The summed E-state index contributed by atoms with van der Waals surface area (Å²) in [7, 11) is 0. The van der Waals surface area contributed by atoms with Crippen LogP contribution in [0.2, 0.25) is 0 Å². The first-order chi connectivity index (χ1) is 0. The zero-order chi connectivity index (χ0) is 0. The molecule has 1 radical (unpaired) electrons. The molecule has 0 saturated carbocycles. The van der Waals surface area contributed by atoms with Crippen molar-refractivity contribution in [2.75, 3.05) is 0 Å². The van der Waals surface area contributed by atoms with Crippen LogP contribution in [0.5, 0.6) is 0 Å². The van der Waals surface area contributed by atoms with Gasteiger partial charge in [0.15, 0.2) is 0 Å². The SMILES string of the molecule is B.[Co].[Mo].[W]. The van der Waals surface area contributed by atoms with Crippen LogP contribution in [0.25, 0.3) is 0 Å². The Morgan fingerprint density at radius 2 is 1.00 bits per heavy atom. The van der Waals surface area contributed by atoms with Crippen LogP contribution >= 0.6 is 0 Å².